The molecule has 1 heterocycles. The lowest BCUT2D eigenvalue weighted by atomic mass is 9.80. The van der Waals surface area contributed by atoms with Crippen LogP contribution in [0, 0.1) is 0 Å². The van der Waals surface area contributed by atoms with Crippen molar-refractivity contribution in [3.05, 3.63) is 188 Å². The molecule has 54 heavy (non-hydrogen) atoms. The first-order chi connectivity index (χ1) is 26.8. The van der Waals surface area contributed by atoms with Gasteiger partial charge < -0.3 is 9.32 Å². The summed E-state index contributed by atoms with van der Waals surface area (Å²) >= 11 is 0. The van der Waals surface area contributed by atoms with Gasteiger partial charge in [-0.25, -0.2) is 0 Å². The minimum Gasteiger partial charge on any atom is -0.456 e. The lowest BCUT2D eigenvalue weighted by Gasteiger charge is -2.31. The maximum atomic E-state index is 6.40. The highest BCUT2D eigenvalue weighted by Crippen LogP contribution is 2.48. The van der Waals surface area contributed by atoms with Crippen molar-refractivity contribution in [3.8, 4) is 33.4 Å². The maximum Gasteiger partial charge on any atom is 0.136 e. The van der Waals surface area contributed by atoms with Crippen molar-refractivity contribution in [2.45, 2.75) is 38.0 Å². The molecule has 1 fully saturated rings. The summed E-state index contributed by atoms with van der Waals surface area (Å²) in [5.74, 6) is 0.589. The molecule has 0 spiro atoms. The van der Waals surface area contributed by atoms with E-state index in [4.69, 9.17) is 4.42 Å². The van der Waals surface area contributed by atoms with E-state index in [1.807, 2.05) is 12.1 Å². The highest BCUT2D eigenvalue weighted by atomic mass is 16.3. The second kappa shape index (κ2) is 13.9. The van der Waals surface area contributed by atoms with Crippen molar-refractivity contribution in [3.63, 3.8) is 0 Å². The molecule has 8 aromatic carbocycles. The molecule has 2 heteroatoms. The molecule has 1 aliphatic carbocycles. The summed E-state index contributed by atoms with van der Waals surface area (Å²) in [6.07, 6.45) is 6.49. The van der Waals surface area contributed by atoms with E-state index >= 15 is 0 Å². The Morgan fingerprint density at radius 2 is 1.04 bits per heavy atom. The number of furan rings is 1. The predicted octanol–water partition coefficient (Wildman–Crippen LogP) is 15.3. The van der Waals surface area contributed by atoms with E-state index in [1.165, 1.54) is 70.7 Å². The van der Waals surface area contributed by atoms with Crippen LogP contribution in [0.2, 0.25) is 0 Å². The second-order valence-corrected chi connectivity index (χ2v) is 14.7. The van der Waals surface area contributed by atoms with Gasteiger partial charge in [0.25, 0.3) is 0 Å². The largest absolute Gasteiger partial charge is 0.456 e. The molecule has 0 saturated heterocycles. The van der Waals surface area contributed by atoms with Crippen LogP contribution in [0.1, 0.15) is 43.6 Å². The summed E-state index contributed by atoms with van der Waals surface area (Å²) in [4.78, 5) is 2.46. The van der Waals surface area contributed by atoms with E-state index in [1.54, 1.807) is 0 Å². The number of hydrogen-bond acceptors (Lipinski definition) is 2. The van der Waals surface area contributed by atoms with Gasteiger partial charge in [-0.05, 0) is 99.8 Å². The zero-order valence-electron chi connectivity index (χ0n) is 30.3. The Morgan fingerprint density at radius 1 is 0.426 bits per heavy atom. The van der Waals surface area contributed by atoms with Gasteiger partial charge in [0.15, 0.2) is 0 Å². The lowest BCUT2D eigenvalue weighted by molar-refractivity contribution is 0.445. The number of benzene rings is 8. The molecule has 1 saturated carbocycles. The molecule has 260 valence electrons. The van der Waals surface area contributed by atoms with Crippen molar-refractivity contribution < 1.29 is 4.42 Å². The van der Waals surface area contributed by atoms with Crippen molar-refractivity contribution in [2.24, 2.45) is 0 Å². The summed E-state index contributed by atoms with van der Waals surface area (Å²) in [6.45, 7) is 0. The van der Waals surface area contributed by atoms with Gasteiger partial charge in [-0.3, -0.25) is 0 Å². The highest BCUT2D eigenvalue weighted by molar-refractivity contribution is 6.07. The zero-order chi connectivity index (χ0) is 35.8. The summed E-state index contributed by atoms with van der Waals surface area (Å²) in [6, 6.07) is 66.2. The van der Waals surface area contributed by atoms with Crippen molar-refractivity contribution in [2.75, 3.05) is 4.90 Å². The van der Waals surface area contributed by atoms with Crippen LogP contribution < -0.4 is 4.90 Å². The number of fused-ring (bicyclic) bond motifs is 4. The number of nitrogens with zero attached hydrogens (tertiary/aromatic N) is 1. The second-order valence-electron chi connectivity index (χ2n) is 14.7. The quantitative estimate of drug-likeness (QED) is 0.165. The van der Waals surface area contributed by atoms with Crippen molar-refractivity contribution >= 4 is 49.8 Å². The molecule has 2 nitrogen and oxygen atoms in total. The fourth-order valence-electron chi connectivity index (χ4n) is 8.89. The van der Waals surface area contributed by atoms with Gasteiger partial charge >= 0.3 is 0 Å². The number of anilines is 3. The Morgan fingerprint density at radius 3 is 1.85 bits per heavy atom. The molecule has 1 aliphatic rings. The molecule has 0 N–H and O–H groups in total. The van der Waals surface area contributed by atoms with Crippen LogP contribution in [-0.4, -0.2) is 0 Å². The molecular weight excluding hydrogens is 655 g/mol. The van der Waals surface area contributed by atoms with Crippen molar-refractivity contribution in [1.29, 1.82) is 0 Å². The van der Waals surface area contributed by atoms with Gasteiger partial charge in [-0.15, -0.1) is 0 Å². The van der Waals surface area contributed by atoms with Crippen LogP contribution >= 0.6 is 0 Å². The Kier molecular flexibility index (Phi) is 8.30. The molecule has 1 aromatic heterocycles. The predicted molar refractivity (Wildman–Crippen MR) is 228 cm³/mol. The summed E-state index contributed by atoms with van der Waals surface area (Å²) in [5.41, 5.74) is 13.8. The number of rotatable bonds is 7. The highest BCUT2D eigenvalue weighted by Gasteiger charge is 2.24. The average molecular weight is 696 g/mol. The van der Waals surface area contributed by atoms with E-state index in [9.17, 15) is 0 Å². The molecule has 0 aliphatic heterocycles. The smallest absolute Gasteiger partial charge is 0.136 e. The molecule has 0 radical (unpaired) electrons. The average Bonchev–Trinajstić information content (AvgIpc) is 3.63. The fourth-order valence-corrected chi connectivity index (χ4v) is 8.89. The van der Waals surface area contributed by atoms with Gasteiger partial charge in [-0.2, -0.15) is 0 Å². The first kappa shape index (κ1) is 32.3. The van der Waals surface area contributed by atoms with Crippen LogP contribution in [0.3, 0.4) is 0 Å². The third-order valence-electron chi connectivity index (χ3n) is 11.5. The molecule has 0 amide bonds. The molecule has 0 unspecified atom stereocenters. The lowest BCUT2D eigenvalue weighted by Crippen LogP contribution is -2.12. The minimum atomic E-state index is 0.589. The third kappa shape index (κ3) is 5.76. The van der Waals surface area contributed by atoms with E-state index in [0.29, 0.717) is 5.92 Å². The first-order valence-corrected chi connectivity index (χ1v) is 19.4. The van der Waals surface area contributed by atoms with Gasteiger partial charge in [0, 0.05) is 27.6 Å². The van der Waals surface area contributed by atoms with E-state index in [2.05, 4.69) is 175 Å². The van der Waals surface area contributed by atoms with Crippen LogP contribution in [-0.2, 0) is 0 Å². The molecule has 0 atom stereocenters. The number of para-hydroxylation sites is 3. The van der Waals surface area contributed by atoms with Crippen LogP contribution in [0.4, 0.5) is 17.1 Å². The zero-order valence-corrected chi connectivity index (χ0v) is 30.3. The van der Waals surface area contributed by atoms with Crippen LogP contribution in [0.5, 0.6) is 0 Å². The summed E-state index contributed by atoms with van der Waals surface area (Å²) in [5, 5.41) is 4.98. The van der Waals surface area contributed by atoms with Gasteiger partial charge in [0.2, 0.25) is 0 Å². The van der Waals surface area contributed by atoms with Crippen LogP contribution in [0.25, 0.3) is 66.1 Å². The van der Waals surface area contributed by atoms with E-state index < -0.39 is 0 Å². The third-order valence-corrected chi connectivity index (χ3v) is 11.5. The van der Waals surface area contributed by atoms with Crippen molar-refractivity contribution in [1.82, 2.24) is 0 Å². The van der Waals surface area contributed by atoms with E-state index in [-0.39, 0.29) is 0 Å². The molecular formula is C52H41NO. The van der Waals surface area contributed by atoms with E-state index in [0.717, 1.165) is 50.1 Å². The fraction of sp³-hybridized carbons (Fsp3) is 0.115. The standard InChI is InChI=1S/C52H41NO/c1-3-15-36(16-4-1)37-29-32-41(33-30-37)53(48-26-10-7-21-42(48)40-31-34-46-45-23-9-12-28-50(45)54-51(46)35-40)49-27-11-8-22-44(49)47-25-14-20-39-19-13-24-43(52(39)47)38-17-5-2-6-18-38/h1,3-4,7-16,19-35,38H,2,5-6,17-18H2. The topological polar surface area (TPSA) is 16.4 Å². The molecule has 9 aromatic rings. The summed E-state index contributed by atoms with van der Waals surface area (Å²) in [7, 11) is 0. The molecule has 10 rings (SSSR count). The Balaban J connectivity index is 1.19. The Hall–Kier alpha value is -6.38. The Bertz CT molecular complexity index is 2750. The first-order valence-electron chi connectivity index (χ1n) is 19.4. The van der Waals surface area contributed by atoms with Gasteiger partial charge in [-0.1, -0.05) is 159 Å². The minimum absolute atomic E-state index is 0.589. The maximum absolute atomic E-state index is 6.40. The normalized spacial score (nSPS) is 13.5. The van der Waals surface area contributed by atoms with Gasteiger partial charge in [0.05, 0.1) is 11.4 Å². The number of hydrogen-bond donors (Lipinski definition) is 0. The Labute approximate surface area is 316 Å². The molecule has 0 bridgehead atoms. The van der Waals surface area contributed by atoms with Crippen LogP contribution in [0.15, 0.2) is 186 Å². The SMILES string of the molecule is c1ccc(-c2ccc(N(c3ccccc3-c3ccc4c(c3)oc3ccccc34)c3ccccc3-c3cccc4cccc(C5CCCCC5)c34)cc2)cc1. The monoisotopic (exact) mass is 695 g/mol. The summed E-state index contributed by atoms with van der Waals surface area (Å²) < 4.78 is 6.40. The van der Waals surface area contributed by atoms with Gasteiger partial charge in [0.1, 0.15) is 11.2 Å².